The van der Waals surface area contributed by atoms with Crippen LogP contribution in [0.4, 0.5) is 5.69 Å². The Morgan fingerprint density at radius 2 is 1.81 bits per heavy atom. The van der Waals surface area contributed by atoms with Crippen molar-refractivity contribution in [2.75, 3.05) is 12.4 Å². The summed E-state index contributed by atoms with van der Waals surface area (Å²) >= 11 is 11.6. The lowest BCUT2D eigenvalue weighted by molar-refractivity contribution is 0.0961. The first-order valence-electron chi connectivity index (χ1n) is 5.83. The second kappa shape index (κ2) is 6.51. The lowest BCUT2D eigenvalue weighted by Crippen LogP contribution is -2.19. The van der Waals surface area contributed by atoms with Gasteiger partial charge >= 0.3 is 0 Å². The Balaban J connectivity index is 2.24. The van der Waals surface area contributed by atoms with Crippen molar-refractivity contribution < 1.29 is 9.59 Å². The van der Waals surface area contributed by atoms with Crippen LogP contribution in [0.5, 0.6) is 0 Å². The number of nitrogens with one attached hydrogen (secondary N) is 2. The van der Waals surface area contributed by atoms with Crippen molar-refractivity contribution in [1.29, 1.82) is 0 Å². The van der Waals surface area contributed by atoms with Gasteiger partial charge in [0.15, 0.2) is 10.8 Å². The van der Waals surface area contributed by atoms with E-state index in [1.165, 1.54) is 31.3 Å². The minimum atomic E-state index is -0.505. The maximum atomic E-state index is 12.0. The van der Waals surface area contributed by atoms with Crippen LogP contribution >= 0.6 is 23.2 Å². The van der Waals surface area contributed by atoms with E-state index in [-0.39, 0.29) is 16.8 Å². The molecule has 8 heteroatoms. The van der Waals surface area contributed by atoms with Gasteiger partial charge in [0.05, 0.1) is 10.7 Å². The van der Waals surface area contributed by atoms with Crippen LogP contribution in [0, 0.1) is 0 Å². The monoisotopic (exact) mass is 324 g/mol. The number of nitrogens with zero attached hydrogens (tertiary/aromatic N) is 2. The number of anilines is 1. The van der Waals surface area contributed by atoms with Gasteiger partial charge in [-0.1, -0.05) is 23.2 Å². The third kappa shape index (κ3) is 3.68. The Hall–Kier alpha value is -2.18. The predicted molar refractivity (Wildman–Crippen MR) is 79.8 cm³/mol. The van der Waals surface area contributed by atoms with Crippen LogP contribution in [0.3, 0.4) is 0 Å². The molecule has 6 nitrogen and oxygen atoms in total. The number of carbonyl (C=O) groups is 2. The van der Waals surface area contributed by atoms with E-state index >= 15 is 0 Å². The molecule has 21 heavy (non-hydrogen) atoms. The minimum Gasteiger partial charge on any atom is -0.355 e. The maximum Gasteiger partial charge on any atom is 0.276 e. The Kier molecular flexibility index (Phi) is 4.72. The summed E-state index contributed by atoms with van der Waals surface area (Å²) < 4.78 is 0. The molecule has 108 valence electrons. The largest absolute Gasteiger partial charge is 0.355 e. The highest BCUT2D eigenvalue weighted by atomic mass is 35.5. The number of amides is 2. The molecule has 1 aromatic heterocycles. The average Bonchev–Trinajstić information content (AvgIpc) is 2.49. The number of hydrogen-bond donors (Lipinski definition) is 2. The summed E-state index contributed by atoms with van der Waals surface area (Å²) in [5.74, 6) is -0.788. The molecule has 0 aliphatic carbocycles. The Labute approximate surface area is 130 Å². The molecule has 2 aromatic rings. The zero-order valence-corrected chi connectivity index (χ0v) is 12.4. The third-order valence-corrected chi connectivity index (χ3v) is 3.10. The molecular weight excluding hydrogens is 315 g/mol. The minimum absolute atomic E-state index is 0.0841. The van der Waals surface area contributed by atoms with Crippen LogP contribution in [0.1, 0.15) is 20.8 Å². The van der Waals surface area contributed by atoms with Crippen LogP contribution in [-0.4, -0.2) is 29.1 Å². The molecular formula is C13H10Cl2N4O2. The molecule has 0 aliphatic rings. The molecule has 2 N–H and O–H groups in total. The first-order valence-corrected chi connectivity index (χ1v) is 6.59. The van der Waals surface area contributed by atoms with Crippen molar-refractivity contribution in [3.8, 4) is 0 Å². The molecule has 0 aliphatic heterocycles. The molecule has 0 saturated carbocycles. The van der Waals surface area contributed by atoms with Crippen LogP contribution in [0.25, 0.3) is 0 Å². The van der Waals surface area contributed by atoms with E-state index in [1.807, 2.05) is 0 Å². The molecule has 0 fully saturated rings. The Morgan fingerprint density at radius 1 is 1.05 bits per heavy atom. The fourth-order valence-corrected chi connectivity index (χ4v) is 1.80. The van der Waals surface area contributed by atoms with Crippen molar-refractivity contribution in [3.63, 3.8) is 0 Å². The molecule has 0 saturated heterocycles. The number of halogens is 2. The van der Waals surface area contributed by atoms with Gasteiger partial charge in [-0.05, 0) is 30.3 Å². The van der Waals surface area contributed by atoms with Gasteiger partial charge in [0.2, 0.25) is 0 Å². The second-order valence-electron chi connectivity index (χ2n) is 3.97. The molecule has 0 spiro atoms. The van der Waals surface area contributed by atoms with Crippen LogP contribution in [0.2, 0.25) is 10.2 Å². The zero-order valence-electron chi connectivity index (χ0n) is 10.9. The Morgan fingerprint density at radius 3 is 2.43 bits per heavy atom. The molecule has 0 radical (unpaired) electrons. The van der Waals surface area contributed by atoms with E-state index in [1.54, 1.807) is 6.07 Å². The van der Waals surface area contributed by atoms with Crippen molar-refractivity contribution in [2.45, 2.75) is 0 Å². The summed E-state index contributed by atoms with van der Waals surface area (Å²) in [7, 11) is 1.51. The van der Waals surface area contributed by atoms with Crippen molar-refractivity contribution in [2.24, 2.45) is 0 Å². The number of rotatable bonds is 3. The highest BCUT2D eigenvalue weighted by Crippen LogP contribution is 2.23. The average molecular weight is 325 g/mol. The highest BCUT2D eigenvalue weighted by Gasteiger charge is 2.13. The van der Waals surface area contributed by atoms with Gasteiger partial charge in [0, 0.05) is 12.6 Å². The SMILES string of the molecule is CNC(=O)c1ccc(Cl)c(NC(=O)c2ccc(Cl)nn2)c1. The maximum absolute atomic E-state index is 12.0. The third-order valence-electron chi connectivity index (χ3n) is 2.57. The second-order valence-corrected chi connectivity index (χ2v) is 4.76. The van der Waals surface area contributed by atoms with E-state index in [4.69, 9.17) is 23.2 Å². The molecule has 2 amide bonds. The summed E-state index contributed by atoms with van der Waals surface area (Å²) in [6, 6.07) is 7.43. The van der Waals surface area contributed by atoms with Crippen LogP contribution in [0.15, 0.2) is 30.3 Å². The number of aromatic nitrogens is 2. The van der Waals surface area contributed by atoms with Crippen molar-refractivity contribution >= 4 is 40.7 Å². The number of hydrogen-bond acceptors (Lipinski definition) is 4. The molecule has 1 heterocycles. The van der Waals surface area contributed by atoms with E-state index < -0.39 is 5.91 Å². The fraction of sp³-hybridized carbons (Fsp3) is 0.0769. The molecule has 0 bridgehead atoms. The van der Waals surface area contributed by atoms with Gasteiger partial charge in [0.25, 0.3) is 11.8 Å². The van der Waals surface area contributed by atoms with Crippen LogP contribution < -0.4 is 10.6 Å². The van der Waals surface area contributed by atoms with E-state index in [0.29, 0.717) is 16.3 Å². The van der Waals surface area contributed by atoms with Gasteiger partial charge in [-0.15, -0.1) is 10.2 Å². The summed E-state index contributed by atoms with van der Waals surface area (Å²) in [6.45, 7) is 0. The lowest BCUT2D eigenvalue weighted by Gasteiger charge is -2.08. The first kappa shape index (κ1) is 15.2. The van der Waals surface area contributed by atoms with E-state index in [0.717, 1.165) is 0 Å². The molecule has 1 aromatic carbocycles. The predicted octanol–water partition coefficient (Wildman–Crippen LogP) is 2.40. The van der Waals surface area contributed by atoms with E-state index in [2.05, 4.69) is 20.8 Å². The van der Waals surface area contributed by atoms with E-state index in [9.17, 15) is 9.59 Å². The summed E-state index contributed by atoms with van der Waals surface area (Å²) in [4.78, 5) is 23.6. The number of benzene rings is 1. The van der Waals surface area contributed by atoms with Gasteiger partial charge in [0.1, 0.15) is 0 Å². The molecule has 2 rings (SSSR count). The van der Waals surface area contributed by atoms with Crippen LogP contribution in [-0.2, 0) is 0 Å². The topological polar surface area (TPSA) is 84.0 Å². The standard InChI is InChI=1S/C13H10Cl2N4O2/c1-16-12(20)7-2-3-8(14)10(6-7)17-13(21)9-4-5-11(15)19-18-9/h2-6H,1H3,(H,16,20)(H,17,21). The van der Waals surface area contributed by atoms with Gasteiger partial charge in [-0.3, -0.25) is 9.59 Å². The van der Waals surface area contributed by atoms with Gasteiger partial charge in [-0.25, -0.2) is 0 Å². The molecule has 0 unspecified atom stereocenters. The fourth-order valence-electron chi connectivity index (χ4n) is 1.53. The van der Waals surface area contributed by atoms with Crippen molar-refractivity contribution in [1.82, 2.24) is 15.5 Å². The highest BCUT2D eigenvalue weighted by molar-refractivity contribution is 6.34. The zero-order chi connectivity index (χ0) is 15.4. The smallest absolute Gasteiger partial charge is 0.276 e. The quantitative estimate of drug-likeness (QED) is 0.907. The van der Waals surface area contributed by atoms with Gasteiger partial charge < -0.3 is 10.6 Å². The number of carbonyl (C=O) groups excluding carboxylic acids is 2. The summed E-state index contributed by atoms with van der Waals surface area (Å²) in [5, 5.41) is 12.8. The Bertz CT molecular complexity index is 689. The normalized spacial score (nSPS) is 10.0. The lowest BCUT2D eigenvalue weighted by atomic mass is 10.2. The molecule has 0 atom stereocenters. The summed E-state index contributed by atoms with van der Waals surface area (Å²) in [6.07, 6.45) is 0. The first-order chi connectivity index (χ1) is 10.0. The summed E-state index contributed by atoms with van der Waals surface area (Å²) in [5.41, 5.74) is 0.764. The van der Waals surface area contributed by atoms with Crippen molar-refractivity contribution in [3.05, 3.63) is 51.8 Å². The van der Waals surface area contributed by atoms with Gasteiger partial charge in [-0.2, -0.15) is 0 Å².